The Morgan fingerprint density at radius 2 is 1.65 bits per heavy atom. The predicted octanol–water partition coefficient (Wildman–Crippen LogP) is 5.30. The van der Waals surface area contributed by atoms with E-state index in [4.69, 9.17) is 4.74 Å². The number of nitrogens with one attached hydrogen (secondary N) is 2. The first-order valence-corrected chi connectivity index (χ1v) is 11.5. The highest BCUT2D eigenvalue weighted by molar-refractivity contribution is 5.38. The van der Waals surface area contributed by atoms with Gasteiger partial charge in [-0.05, 0) is 48.6 Å². The van der Waals surface area contributed by atoms with E-state index in [9.17, 15) is 0 Å². The summed E-state index contributed by atoms with van der Waals surface area (Å²) >= 11 is 0. The van der Waals surface area contributed by atoms with Crippen LogP contribution in [0.2, 0.25) is 0 Å². The van der Waals surface area contributed by atoms with Gasteiger partial charge in [0, 0.05) is 30.1 Å². The summed E-state index contributed by atoms with van der Waals surface area (Å²) in [4.78, 5) is 0. The van der Waals surface area contributed by atoms with E-state index in [0.29, 0.717) is 18.0 Å². The monoisotopic (exact) mass is 414 g/mol. The molecule has 1 heterocycles. The van der Waals surface area contributed by atoms with Crippen LogP contribution in [0.3, 0.4) is 0 Å². The Kier molecular flexibility index (Phi) is 7.39. The molecule has 2 atom stereocenters. The first kappa shape index (κ1) is 21.6. The fourth-order valence-corrected chi connectivity index (χ4v) is 4.85. The highest BCUT2D eigenvalue weighted by Gasteiger charge is 2.33. The minimum atomic E-state index is 0.309. The molecule has 0 radical (unpaired) electrons. The maximum Gasteiger partial charge on any atom is 0.123 e. The van der Waals surface area contributed by atoms with E-state index in [-0.39, 0.29) is 0 Å². The van der Waals surface area contributed by atoms with Crippen molar-refractivity contribution >= 4 is 0 Å². The lowest BCUT2D eigenvalue weighted by molar-refractivity contribution is 0.279. The van der Waals surface area contributed by atoms with Crippen molar-refractivity contribution in [3.8, 4) is 5.75 Å². The van der Waals surface area contributed by atoms with Gasteiger partial charge in [0.25, 0.3) is 0 Å². The highest BCUT2D eigenvalue weighted by atomic mass is 16.5. The Balaban J connectivity index is 1.60. The van der Waals surface area contributed by atoms with Crippen molar-refractivity contribution in [2.45, 2.75) is 50.7 Å². The van der Waals surface area contributed by atoms with Crippen LogP contribution in [0.1, 0.15) is 47.9 Å². The second-order valence-corrected chi connectivity index (χ2v) is 8.41. The molecule has 2 N–H and O–H groups in total. The third kappa shape index (κ3) is 5.17. The van der Waals surface area contributed by atoms with E-state index in [0.717, 1.165) is 25.3 Å². The standard InChI is InChI=1S/C28H34N2O/c1-3-21-16-17-26(31-2)24(19-21)20-30-25-15-10-18-29-28(25)27(22-11-6-4-7-12-22)23-13-8-5-9-14-23/h4-9,11-14,16-17,19,25,27-30H,3,10,15,18,20H2,1-2H3. The summed E-state index contributed by atoms with van der Waals surface area (Å²) in [5.41, 5.74) is 5.32. The number of rotatable bonds is 8. The smallest absolute Gasteiger partial charge is 0.123 e. The summed E-state index contributed by atoms with van der Waals surface area (Å²) < 4.78 is 5.64. The largest absolute Gasteiger partial charge is 0.496 e. The molecule has 1 aliphatic heterocycles. The Labute approximate surface area is 186 Å². The second-order valence-electron chi connectivity index (χ2n) is 8.41. The average Bonchev–Trinajstić information content (AvgIpc) is 2.85. The van der Waals surface area contributed by atoms with Crippen molar-refractivity contribution < 1.29 is 4.74 Å². The van der Waals surface area contributed by atoms with Gasteiger partial charge in [0.2, 0.25) is 0 Å². The van der Waals surface area contributed by atoms with Gasteiger partial charge >= 0.3 is 0 Å². The van der Waals surface area contributed by atoms with Crippen LogP contribution >= 0.6 is 0 Å². The van der Waals surface area contributed by atoms with E-state index < -0.39 is 0 Å². The molecule has 3 heteroatoms. The zero-order valence-corrected chi connectivity index (χ0v) is 18.7. The number of aryl methyl sites for hydroxylation is 1. The Morgan fingerprint density at radius 3 is 2.26 bits per heavy atom. The van der Waals surface area contributed by atoms with Gasteiger partial charge in [-0.15, -0.1) is 0 Å². The third-order valence-electron chi connectivity index (χ3n) is 6.49. The Hall–Kier alpha value is -2.62. The Bertz CT molecular complexity index is 902. The Morgan fingerprint density at radius 1 is 0.968 bits per heavy atom. The van der Waals surface area contributed by atoms with Gasteiger partial charge in [0.05, 0.1) is 7.11 Å². The van der Waals surface area contributed by atoms with Gasteiger partial charge in [-0.2, -0.15) is 0 Å². The summed E-state index contributed by atoms with van der Waals surface area (Å²) in [6.07, 6.45) is 3.40. The summed E-state index contributed by atoms with van der Waals surface area (Å²) in [6.45, 7) is 4.08. The molecular weight excluding hydrogens is 380 g/mol. The summed E-state index contributed by atoms with van der Waals surface area (Å²) in [6, 6.07) is 29.1. The quantitative estimate of drug-likeness (QED) is 0.525. The minimum Gasteiger partial charge on any atom is -0.496 e. The van der Waals surface area contributed by atoms with Gasteiger partial charge in [-0.25, -0.2) is 0 Å². The molecule has 1 fully saturated rings. The molecule has 3 aromatic carbocycles. The summed E-state index contributed by atoms with van der Waals surface area (Å²) in [7, 11) is 1.76. The second kappa shape index (κ2) is 10.6. The van der Waals surface area contributed by atoms with Crippen LogP contribution in [0.5, 0.6) is 5.75 Å². The van der Waals surface area contributed by atoms with Crippen LogP contribution in [0, 0.1) is 0 Å². The molecule has 0 aliphatic carbocycles. The number of piperidine rings is 1. The lowest BCUT2D eigenvalue weighted by Crippen LogP contribution is -2.54. The number of hydrogen-bond acceptors (Lipinski definition) is 3. The van der Waals surface area contributed by atoms with Crippen LogP contribution in [0.25, 0.3) is 0 Å². The van der Waals surface area contributed by atoms with Crippen LogP contribution in [-0.2, 0) is 13.0 Å². The first-order valence-electron chi connectivity index (χ1n) is 11.5. The molecule has 2 unspecified atom stereocenters. The van der Waals surface area contributed by atoms with E-state index in [1.165, 1.54) is 35.1 Å². The molecule has 0 spiro atoms. The number of benzene rings is 3. The molecule has 0 aromatic heterocycles. The van der Waals surface area contributed by atoms with Crippen LogP contribution in [0.4, 0.5) is 0 Å². The van der Waals surface area contributed by atoms with Gasteiger partial charge in [-0.1, -0.05) is 79.7 Å². The lowest BCUT2D eigenvalue weighted by atomic mass is 9.79. The molecule has 0 amide bonds. The number of methoxy groups -OCH3 is 1. The SMILES string of the molecule is CCc1ccc(OC)c(CNC2CCCNC2C(c2ccccc2)c2ccccc2)c1. The third-order valence-corrected chi connectivity index (χ3v) is 6.49. The first-order chi connectivity index (χ1) is 15.3. The van der Waals surface area contributed by atoms with E-state index in [2.05, 4.69) is 96.4 Å². The van der Waals surface area contributed by atoms with Gasteiger partial charge in [0.15, 0.2) is 0 Å². The van der Waals surface area contributed by atoms with Crippen molar-refractivity contribution in [1.29, 1.82) is 0 Å². The van der Waals surface area contributed by atoms with Crippen molar-refractivity contribution in [1.82, 2.24) is 10.6 Å². The van der Waals surface area contributed by atoms with E-state index in [1.807, 2.05) is 0 Å². The van der Waals surface area contributed by atoms with Crippen LogP contribution in [0.15, 0.2) is 78.9 Å². The van der Waals surface area contributed by atoms with E-state index >= 15 is 0 Å². The molecular formula is C28H34N2O. The van der Waals surface area contributed by atoms with Crippen molar-refractivity contribution in [3.05, 3.63) is 101 Å². The molecule has 3 aromatic rings. The maximum absolute atomic E-state index is 5.64. The van der Waals surface area contributed by atoms with Crippen LogP contribution in [-0.4, -0.2) is 25.7 Å². The molecule has 3 nitrogen and oxygen atoms in total. The lowest BCUT2D eigenvalue weighted by Gasteiger charge is -2.39. The topological polar surface area (TPSA) is 33.3 Å². The van der Waals surface area contributed by atoms with Crippen molar-refractivity contribution in [3.63, 3.8) is 0 Å². The molecule has 162 valence electrons. The molecule has 1 saturated heterocycles. The summed E-state index contributed by atoms with van der Waals surface area (Å²) in [5.74, 6) is 1.27. The average molecular weight is 415 g/mol. The molecule has 0 bridgehead atoms. The van der Waals surface area contributed by atoms with Crippen LogP contribution < -0.4 is 15.4 Å². The summed E-state index contributed by atoms with van der Waals surface area (Å²) in [5, 5.41) is 7.75. The fourth-order valence-electron chi connectivity index (χ4n) is 4.85. The zero-order chi connectivity index (χ0) is 21.5. The van der Waals surface area contributed by atoms with Gasteiger partial charge < -0.3 is 15.4 Å². The number of ether oxygens (including phenoxy) is 1. The van der Waals surface area contributed by atoms with Crippen molar-refractivity contribution in [2.75, 3.05) is 13.7 Å². The minimum absolute atomic E-state index is 0.309. The molecule has 1 aliphatic rings. The molecule has 0 saturated carbocycles. The van der Waals surface area contributed by atoms with Gasteiger partial charge in [-0.3, -0.25) is 0 Å². The van der Waals surface area contributed by atoms with Gasteiger partial charge in [0.1, 0.15) is 5.75 Å². The van der Waals surface area contributed by atoms with E-state index in [1.54, 1.807) is 7.11 Å². The predicted molar refractivity (Wildman–Crippen MR) is 129 cm³/mol. The number of hydrogen-bond donors (Lipinski definition) is 2. The molecule has 4 rings (SSSR count). The van der Waals surface area contributed by atoms with Crippen molar-refractivity contribution in [2.24, 2.45) is 0 Å². The molecule has 31 heavy (non-hydrogen) atoms. The maximum atomic E-state index is 5.64. The fraction of sp³-hybridized carbons (Fsp3) is 0.357. The highest BCUT2D eigenvalue weighted by Crippen LogP contribution is 2.32. The normalized spacial score (nSPS) is 18.8. The zero-order valence-electron chi connectivity index (χ0n) is 18.7.